The molecular weight excluding hydrogens is 298 g/mol. The minimum Gasteiger partial charge on any atom is -0.281 e. The molecule has 1 aromatic rings. The van der Waals surface area contributed by atoms with Crippen molar-refractivity contribution in [3.05, 3.63) is 11.4 Å². The number of nitrogens with zero attached hydrogens (tertiary/aromatic N) is 2. The molecule has 1 aromatic heterocycles. The summed E-state index contributed by atoms with van der Waals surface area (Å²) in [5, 5.41) is 6.70. The standard InChI is InChI=1S/C13H22ClN3O2S/c1-3-4-11-5-7-17(8-6-11)20(18,19)13-10(2)15-16-12(13)9-14/h11H,3-9H2,1-2H3,(H,15,16). The van der Waals surface area contributed by atoms with Gasteiger partial charge in [0.1, 0.15) is 4.90 Å². The first-order valence-electron chi connectivity index (χ1n) is 7.10. The van der Waals surface area contributed by atoms with Gasteiger partial charge in [-0.15, -0.1) is 11.6 Å². The molecular formula is C13H22ClN3O2S. The van der Waals surface area contributed by atoms with Crippen LogP contribution in [0.15, 0.2) is 4.90 Å². The molecule has 7 heteroatoms. The summed E-state index contributed by atoms with van der Waals surface area (Å²) in [6.07, 6.45) is 4.24. The number of alkyl halides is 1. The first kappa shape index (κ1) is 15.8. The molecule has 0 spiro atoms. The lowest BCUT2D eigenvalue weighted by atomic mass is 9.94. The number of halogens is 1. The topological polar surface area (TPSA) is 66.1 Å². The van der Waals surface area contributed by atoms with Crippen LogP contribution in [0.25, 0.3) is 0 Å². The van der Waals surface area contributed by atoms with Gasteiger partial charge in [0.15, 0.2) is 0 Å². The Morgan fingerprint density at radius 2 is 2.05 bits per heavy atom. The summed E-state index contributed by atoms with van der Waals surface area (Å²) in [6.45, 7) is 5.09. The van der Waals surface area contributed by atoms with Crippen LogP contribution < -0.4 is 0 Å². The molecule has 0 radical (unpaired) electrons. The lowest BCUT2D eigenvalue weighted by Crippen LogP contribution is -2.38. The van der Waals surface area contributed by atoms with Crippen molar-refractivity contribution in [3.63, 3.8) is 0 Å². The summed E-state index contributed by atoms with van der Waals surface area (Å²) in [5.41, 5.74) is 0.983. The fourth-order valence-electron chi connectivity index (χ4n) is 2.88. The number of H-pyrrole nitrogens is 1. The average molecular weight is 320 g/mol. The highest BCUT2D eigenvalue weighted by atomic mass is 35.5. The number of aryl methyl sites for hydroxylation is 1. The fourth-order valence-corrected chi connectivity index (χ4v) is 4.95. The second kappa shape index (κ2) is 6.45. The number of piperidine rings is 1. The maximum absolute atomic E-state index is 12.7. The van der Waals surface area contributed by atoms with E-state index in [-0.39, 0.29) is 10.8 Å². The highest BCUT2D eigenvalue weighted by Crippen LogP contribution is 2.29. The zero-order valence-electron chi connectivity index (χ0n) is 12.0. The van der Waals surface area contributed by atoms with Crippen LogP contribution in [0.5, 0.6) is 0 Å². The second-order valence-electron chi connectivity index (χ2n) is 5.39. The fraction of sp³-hybridized carbons (Fsp3) is 0.769. The van der Waals surface area contributed by atoms with Crippen LogP contribution >= 0.6 is 11.6 Å². The Kier molecular flexibility index (Phi) is 5.09. The predicted octanol–water partition coefficient (Wildman–Crippen LogP) is 2.66. The normalized spacial score (nSPS) is 18.6. The van der Waals surface area contributed by atoms with Gasteiger partial charge in [0, 0.05) is 13.1 Å². The summed E-state index contributed by atoms with van der Waals surface area (Å²) in [5.74, 6) is 0.759. The van der Waals surface area contributed by atoms with E-state index in [1.54, 1.807) is 11.2 Å². The average Bonchev–Trinajstić information content (AvgIpc) is 2.81. The Morgan fingerprint density at radius 1 is 1.40 bits per heavy atom. The molecule has 20 heavy (non-hydrogen) atoms. The predicted molar refractivity (Wildman–Crippen MR) is 79.3 cm³/mol. The molecule has 1 N–H and O–H groups in total. The Balaban J connectivity index is 2.18. The Hall–Kier alpha value is -0.590. The van der Waals surface area contributed by atoms with Crippen molar-refractivity contribution in [1.82, 2.24) is 14.5 Å². The maximum atomic E-state index is 12.7. The number of aromatic nitrogens is 2. The third-order valence-electron chi connectivity index (χ3n) is 3.96. The minimum atomic E-state index is -3.48. The molecule has 114 valence electrons. The number of hydrogen-bond donors (Lipinski definition) is 1. The van der Waals surface area contributed by atoms with Gasteiger partial charge in [0.2, 0.25) is 10.0 Å². The number of nitrogens with one attached hydrogen (secondary N) is 1. The van der Waals surface area contributed by atoms with Crippen LogP contribution in [-0.2, 0) is 15.9 Å². The number of sulfonamides is 1. The molecule has 1 aliphatic heterocycles. The van der Waals surface area contributed by atoms with E-state index in [0.29, 0.717) is 30.4 Å². The first-order chi connectivity index (χ1) is 9.50. The zero-order chi connectivity index (χ0) is 14.8. The zero-order valence-corrected chi connectivity index (χ0v) is 13.6. The Labute approximate surface area is 125 Å². The van der Waals surface area contributed by atoms with E-state index in [1.807, 2.05) is 0 Å². The molecule has 1 fully saturated rings. The molecule has 0 atom stereocenters. The lowest BCUT2D eigenvalue weighted by Gasteiger charge is -2.31. The highest BCUT2D eigenvalue weighted by molar-refractivity contribution is 7.89. The van der Waals surface area contributed by atoms with E-state index in [2.05, 4.69) is 17.1 Å². The van der Waals surface area contributed by atoms with E-state index in [9.17, 15) is 8.42 Å². The van der Waals surface area contributed by atoms with Gasteiger partial charge in [-0.25, -0.2) is 8.42 Å². The van der Waals surface area contributed by atoms with Crippen molar-refractivity contribution in [2.45, 2.75) is 50.3 Å². The number of hydrogen-bond acceptors (Lipinski definition) is 3. The van der Waals surface area contributed by atoms with Crippen LogP contribution in [0.3, 0.4) is 0 Å². The molecule has 0 saturated carbocycles. The second-order valence-corrected chi connectivity index (χ2v) is 7.54. The van der Waals surface area contributed by atoms with Gasteiger partial charge in [-0.2, -0.15) is 9.40 Å². The summed E-state index contributed by atoms with van der Waals surface area (Å²) in [6, 6.07) is 0. The molecule has 1 aliphatic rings. The van der Waals surface area contributed by atoms with E-state index in [1.165, 1.54) is 6.42 Å². The summed E-state index contributed by atoms with van der Waals surface area (Å²) in [7, 11) is -3.48. The van der Waals surface area contributed by atoms with E-state index < -0.39 is 10.0 Å². The third-order valence-corrected chi connectivity index (χ3v) is 6.31. The van der Waals surface area contributed by atoms with Crippen LogP contribution in [0.2, 0.25) is 0 Å². The van der Waals surface area contributed by atoms with Gasteiger partial charge in [-0.3, -0.25) is 5.10 Å². The third kappa shape index (κ3) is 3.02. The molecule has 0 aliphatic carbocycles. The monoisotopic (exact) mass is 319 g/mol. The SMILES string of the molecule is CCCC1CCN(S(=O)(=O)c2c(CCl)n[nH]c2C)CC1. The van der Waals surface area contributed by atoms with Crippen LogP contribution in [0, 0.1) is 12.8 Å². The van der Waals surface area contributed by atoms with Crippen LogP contribution in [0.4, 0.5) is 0 Å². The largest absolute Gasteiger partial charge is 0.281 e. The van der Waals surface area contributed by atoms with E-state index in [0.717, 1.165) is 19.3 Å². The van der Waals surface area contributed by atoms with Gasteiger partial charge in [0.05, 0.1) is 17.3 Å². The first-order valence-corrected chi connectivity index (χ1v) is 9.08. The summed E-state index contributed by atoms with van der Waals surface area (Å²) >= 11 is 5.79. The molecule has 1 saturated heterocycles. The minimum absolute atomic E-state index is 0.102. The molecule has 5 nitrogen and oxygen atoms in total. The van der Waals surface area contributed by atoms with Crippen LogP contribution in [0.1, 0.15) is 44.0 Å². The lowest BCUT2D eigenvalue weighted by molar-refractivity contribution is 0.262. The van der Waals surface area contributed by atoms with Crippen molar-refractivity contribution >= 4 is 21.6 Å². The van der Waals surface area contributed by atoms with Crippen molar-refractivity contribution in [2.75, 3.05) is 13.1 Å². The van der Waals surface area contributed by atoms with Crippen molar-refractivity contribution < 1.29 is 8.42 Å². The number of aromatic amines is 1. The van der Waals surface area contributed by atoms with Crippen molar-refractivity contribution in [3.8, 4) is 0 Å². The van der Waals surface area contributed by atoms with Gasteiger partial charge in [-0.1, -0.05) is 19.8 Å². The Bertz CT molecular complexity index is 548. The number of rotatable bonds is 5. The molecule has 2 rings (SSSR count). The van der Waals surface area contributed by atoms with Crippen LogP contribution in [-0.4, -0.2) is 36.0 Å². The van der Waals surface area contributed by atoms with Crippen molar-refractivity contribution in [1.29, 1.82) is 0 Å². The molecule has 0 bridgehead atoms. The van der Waals surface area contributed by atoms with Gasteiger partial charge < -0.3 is 0 Å². The maximum Gasteiger partial charge on any atom is 0.246 e. The smallest absolute Gasteiger partial charge is 0.246 e. The van der Waals surface area contributed by atoms with Crippen molar-refractivity contribution in [2.24, 2.45) is 5.92 Å². The van der Waals surface area contributed by atoms with Gasteiger partial charge in [-0.05, 0) is 25.7 Å². The van der Waals surface area contributed by atoms with E-state index in [4.69, 9.17) is 11.6 Å². The molecule has 0 aromatic carbocycles. The molecule has 2 heterocycles. The summed E-state index contributed by atoms with van der Waals surface area (Å²) < 4.78 is 27.0. The molecule has 0 unspecified atom stereocenters. The van der Waals surface area contributed by atoms with Gasteiger partial charge >= 0.3 is 0 Å². The highest BCUT2D eigenvalue weighted by Gasteiger charge is 2.33. The Morgan fingerprint density at radius 3 is 2.60 bits per heavy atom. The van der Waals surface area contributed by atoms with Gasteiger partial charge in [0.25, 0.3) is 0 Å². The summed E-state index contributed by atoms with van der Waals surface area (Å²) in [4.78, 5) is 0.265. The van der Waals surface area contributed by atoms with E-state index >= 15 is 0 Å². The molecule has 0 amide bonds. The quantitative estimate of drug-likeness (QED) is 0.848.